The normalized spacial score (nSPS) is 11.1. The maximum atomic E-state index is 10.9. The lowest BCUT2D eigenvalue weighted by atomic mass is 10.1. The third-order valence-electron chi connectivity index (χ3n) is 2.89. The van der Waals surface area contributed by atoms with Crippen LogP contribution in [0.4, 0.5) is 0 Å². The minimum atomic E-state index is 0.721. The minimum absolute atomic E-state index is 0.721. The summed E-state index contributed by atoms with van der Waals surface area (Å²) in [5, 5.41) is 0. The lowest BCUT2D eigenvalue weighted by Gasteiger charge is -2.01. The number of rotatable bonds is 1. The van der Waals surface area contributed by atoms with Gasteiger partial charge < -0.3 is 0 Å². The lowest BCUT2D eigenvalue weighted by molar-refractivity contribution is 0.112. The summed E-state index contributed by atoms with van der Waals surface area (Å²) in [4.78, 5) is 15.4. The van der Waals surface area contributed by atoms with Crippen molar-refractivity contribution in [1.29, 1.82) is 0 Å². The highest BCUT2D eigenvalue weighted by Crippen LogP contribution is 2.22. The number of benzene rings is 1. The van der Waals surface area contributed by atoms with E-state index in [1.54, 1.807) is 0 Å². The highest BCUT2D eigenvalue weighted by molar-refractivity contribution is 5.91. The van der Waals surface area contributed by atoms with Crippen molar-refractivity contribution in [2.24, 2.45) is 0 Å². The average Bonchev–Trinajstić information content (AvgIpc) is 2.68. The van der Waals surface area contributed by atoms with Crippen LogP contribution in [0.15, 0.2) is 36.5 Å². The maximum Gasteiger partial charge on any atom is 0.150 e. The first kappa shape index (κ1) is 9.09. The van der Waals surface area contributed by atoms with Crippen molar-refractivity contribution in [3.63, 3.8) is 0 Å². The molecule has 78 valence electrons. The van der Waals surface area contributed by atoms with Gasteiger partial charge in [-0.3, -0.25) is 9.20 Å². The number of fused-ring (bicyclic) bond motifs is 3. The van der Waals surface area contributed by atoms with Gasteiger partial charge in [-0.15, -0.1) is 0 Å². The molecule has 0 unspecified atom stereocenters. The Morgan fingerprint density at radius 3 is 2.94 bits per heavy atom. The Bertz CT molecular complexity index is 698. The number of aldehydes is 1. The number of aromatic nitrogens is 2. The van der Waals surface area contributed by atoms with Gasteiger partial charge in [0.05, 0.1) is 11.0 Å². The highest BCUT2D eigenvalue weighted by atomic mass is 16.1. The molecule has 3 nitrogen and oxygen atoms in total. The molecule has 3 aromatic rings. The SMILES string of the molecule is Cc1c(C=O)ccc2nc3ccccn3c12. The Labute approximate surface area is 92.3 Å². The summed E-state index contributed by atoms with van der Waals surface area (Å²) >= 11 is 0. The molecule has 1 aromatic carbocycles. The predicted octanol–water partition coefficient (Wildman–Crippen LogP) is 2.61. The van der Waals surface area contributed by atoms with Crippen molar-refractivity contribution in [3.8, 4) is 0 Å². The summed E-state index contributed by atoms with van der Waals surface area (Å²) in [6, 6.07) is 9.58. The number of carbonyl (C=O) groups excluding carboxylic acids is 1. The van der Waals surface area contributed by atoms with Crippen molar-refractivity contribution >= 4 is 23.0 Å². The van der Waals surface area contributed by atoms with Crippen molar-refractivity contribution in [2.75, 3.05) is 0 Å². The van der Waals surface area contributed by atoms with E-state index < -0.39 is 0 Å². The molecule has 0 N–H and O–H groups in total. The van der Waals surface area contributed by atoms with Crippen molar-refractivity contribution in [3.05, 3.63) is 47.7 Å². The van der Waals surface area contributed by atoms with E-state index in [2.05, 4.69) is 4.98 Å². The van der Waals surface area contributed by atoms with Crippen LogP contribution in [0.3, 0.4) is 0 Å². The van der Waals surface area contributed by atoms with E-state index in [4.69, 9.17) is 0 Å². The molecule has 3 heteroatoms. The number of imidazole rings is 1. The summed E-state index contributed by atoms with van der Waals surface area (Å²) in [6.45, 7) is 1.95. The van der Waals surface area contributed by atoms with E-state index in [0.29, 0.717) is 0 Å². The van der Waals surface area contributed by atoms with Crippen molar-refractivity contribution in [1.82, 2.24) is 9.38 Å². The molecule has 0 aliphatic heterocycles. The minimum Gasteiger partial charge on any atom is -0.299 e. The number of nitrogens with zero attached hydrogens (tertiary/aromatic N) is 2. The maximum absolute atomic E-state index is 10.9. The van der Waals surface area contributed by atoms with E-state index in [9.17, 15) is 4.79 Å². The molecule has 0 saturated carbocycles. The zero-order valence-corrected chi connectivity index (χ0v) is 8.84. The Hall–Kier alpha value is -2.16. The third-order valence-corrected chi connectivity index (χ3v) is 2.89. The van der Waals surface area contributed by atoms with Gasteiger partial charge >= 0.3 is 0 Å². The molecule has 0 amide bonds. The average molecular weight is 210 g/mol. The first-order chi connectivity index (χ1) is 7.81. The van der Waals surface area contributed by atoms with E-state index in [-0.39, 0.29) is 0 Å². The molecular weight excluding hydrogens is 200 g/mol. The molecule has 0 aliphatic rings. The van der Waals surface area contributed by atoms with Crippen LogP contribution in [0.5, 0.6) is 0 Å². The molecule has 0 aliphatic carbocycles. The summed E-state index contributed by atoms with van der Waals surface area (Å²) < 4.78 is 2.01. The molecule has 0 atom stereocenters. The molecule has 0 saturated heterocycles. The summed E-state index contributed by atoms with van der Waals surface area (Å²) in [6.07, 6.45) is 2.85. The molecule has 2 heterocycles. The fourth-order valence-electron chi connectivity index (χ4n) is 2.06. The Morgan fingerprint density at radius 2 is 2.12 bits per heavy atom. The van der Waals surface area contributed by atoms with Crippen LogP contribution >= 0.6 is 0 Å². The Morgan fingerprint density at radius 1 is 1.25 bits per heavy atom. The van der Waals surface area contributed by atoms with Gasteiger partial charge in [-0.1, -0.05) is 6.07 Å². The van der Waals surface area contributed by atoms with Crippen LogP contribution < -0.4 is 0 Å². The first-order valence-electron chi connectivity index (χ1n) is 5.13. The second-order valence-electron chi connectivity index (χ2n) is 3.81. The zero-order valence-electron chi connectivity index (χ0n) is 8.84. The summed E-state index contributed by atoms with van der Waals surface area (Å²) in [5.74, 6) is 0. The molecule has 2 aromatic heterocycles. The summed E-state index contributed by atoms with van der Waals surface area (Å²) in [7, 11) is 0. The van der Waals surface area contributed by atoms with Gasteiger partial charge in [0, 0.05) is 11.8 Å². The van der Waals surface area contributed by atoms with Gasteiger partial charge in [-0.05, 0) is 36.8 Å². The summed E-state index contributed by atoms with van der Waals surface area (Å²) in [5.41, 5.74) is 4.54. The molecule has 0 fully saturated rings. The zero-order chi connectivity index (χ0) is 11.1. The largest absolute Gasteiger partial charge is 0.299 e. The molecule has 0 bridgehead atoms. The van der Waals surface area contributed by atoms with Crippen LogP contribution in [0, 0.1) is 6.92 Å². The molecule has 0 radical (unpaired) electrons. The first-order valence-corrected chi connectivity index (χ1v) is 5.13. The second kappa shape index (κ2) is 3.17. The fourth-order valence-corrected chi connectivity index (χ4v) is 2.06. The van der Waals surface area contributed by atoms with Crippen molar-refractivity contribution < 1.29 is 4.79 Å². The smallest absolute Gasteiger partial charge is 0.150 e. The Balaban J connectivity index is 2.58. The fraction of sp³-hybridized carbons (Fsp3) is 0.0769. The number of pyridine rings is 1. The molecule has 16 heavy (non-hydrogen) atoms. The third kappa shape index (κ3) is 1.08. The lowest BCUT2D eigenvalue weighted by Crippen LogP contribution is -1.90. The van der Waals surface area contributed by atoms with E-state index in [1.807, 2.05) is 47.9 Å². The molecule has 3 rings (SSSR count). The Kier molecular flexibility index (Phi) is 1.80. The van der Waals surface area contributed by atoms with Gasteiger partial charge in [0.15, 0.2) is 0 Å². The highest BCUT2D eigenvalue weighted by Gasteiger charge is 2.08. The molecule has 0 spiro atoms. The van der Waals surface area contributed by atoms with Crippen molar-refractivity contribution in [2.45, 2.75) is 6.92 Å². The van der Waals surface area contributed by atoms with Crippen LogP contribution in [-0.2, 0) is 0 Å². The monoisotopic (exact) mass is 210 g/mol. The van der Waals surface area contributed by atoms with Gasteiger partial charge in [0.2, 0.25) is 0 Å². The van der Waals surface area contributed by atoms with E-state index in [0.717, 1.165) is 34.1 Å². The number of hydrogen-bond donors (Lipinski definition) is 0. The quantitative estimate of drug-likeness (QED) is 0.578. The van der Waals surface area contributed by atoms with Gasteiger partial charge in [-0.25, -0.2) is 4.98 Å². The van der Waals surface area contributed by atoms with Gasteiger partial charge in [0.25, 0.3) is 0 Å². The van der Waals surface area contributed by atoms with E-state index >= 15 is 0 Å². The van der Waals surface area contributed by atoms with Crippen LogP contribution in [-0.4, -0.2) is 15.7 Å². The topological polar surface area (TPSA) is 34.4 Å². The second-order valence-corrected chi connectivity index (χ2v) is 3.81. The van der Waals surface area contributed by atoms with Gasteiger partial charge in [0.1, 0.15) is 11.9 Å². The predicted molar refractivity (Wildman–Crippen MR) is 62.8 cm³/mol. The van der Waals surface area contributed by atoms with Gasteiger partial charge in [-0.2, -0.15) is 0 Å². The van der Waals surface area contributed by atoms with Crippen LogP contribution in [0.1, 0.15) is 15.9 Å². The van der Waals surface area contributed by atoms with Crippen LogP contribution in [0.25, 0.3) is 16.7 Å². The standard InChI is InChI=1S/C13H10N2O/c1-9-10(8-16)5-6-11-13(9)15-7-3-2-4-12(15)14-11/h2-8H,1H3. The van der Waals surface area contributed by atoms with Crippen LogP contribution in [0.2, 0.25) is 0 Å². The number of hydrogen-bond acceptors (Lipinski definition) is 2. The molecular formula is C13H10N2O. The number of aryl methyl sites for hydroxylation is 1. The van der Waals surface area contributed by atoms with E-state index in [1.165, 1.54) is 0 Å². The number of carbonyl (C=O) groups is 1.